The number of ether oxygens (including phenoxy) is 1. The Morgan fingerprint density at radius 1 is 1.18 bits per heavy atom. The topological polar surface area (TPSA) is 86.0 Å². The summed E-state index contributed by atoms with van der Waals surface area (Å²) in [5.41, 5.74) is 3.56. The van der Waals surface area contributed by atoms with Crippen LogP contribution in [0.1, 0.15) is 31.5 Å². The number of nitrogens with zero attached hydrogens (tertiary/aromatic N) is 6. The van der Waals surface area contributed by atoms with Crippen molar-refractivity contribution in [2.24, 2.45) is 0 Å². The summed E-state index contributed by atoms with van der Waals surface area (Å²) >= 11 is 0. The van der Waals surface area contributed by atoms with Crippen LogP contribution in [0.4, 0.5) is 13.2 Å². The van der Waals surface area contributed by atoms with Gasteiger partial charge in [-0.05, 0) is 56.5 Å². The molecular weight excluding hydrogens is 497 g/mol. The molecule has 0 bridgehead atoms. The molecule has 0 fully saturated rings. The lowest BCUT2D eigenvalue weighted by atomic mass is 10.0. The molecule has 0 aliphatic carbocycles. The van der Waals surface area contributed by atoms with Crippen molar-refractivity contribution in [2.45, 2.75) is 38.9 Å². The standard InChI is InChI=1S/C27H27F3N6O2/c1-18-6-4-5-13-35(16-27(28,29)30)26(37)24(12-7-19(18)2)36-15-23(33-34-36)21-8-10-22(11-9-21)38-25-14-31-17-32-20(25)3/h4-6,8-11,14-15,17,24H,2,7,12-13,16H2,1,3H3. The molecule has 2 aromatic heterocycles. The molecular formula is C27H27F3N6O2. The van der Waals surface area contributed by atoms with Crippen LogP contribution in [0.5, 0.6) is 11.5 Å². The molecule has 0 radical (unpaired) electrons. The molecule has 198 valence electrons. The summed E-state index contributed by atoms with van der Waals surface area (Å²) in [5, 5.41) is 8.30. The predicted octanol–water partition coefficient (Wildman–Crippen LogP) is 5.62. The van der Waals surface area contributed by atoms with E-state index in [4.69, 9.17) is 4.74 Å². The molecule has 0 saturated heterocycles. The SMILES string of the molecule is C=C1CCC(n2cc(-c3ccc(Oc4cncnc4C)cc3)nn2)C(=O)N(CC(F)(F)F)CC=CC=C1C. The molecule has 1 aliphatic heterocycles. The number of aromatic nitrogens is 5. The van der Waals surface area contributed by atoms with Gasteiger partial charge in [0, 0.05) is 12.1 Å². The first-order chi connectivity index (χ1) is 18.1. The number of rotatable bonds is 5. The third-order valence-electron chi connectivity index (χ3n) is 6.13. The average molecular weight is 525 g/mol. The van der Waals surface area contributed by atoms with Crippen LogP contribution in [0, 0.1) is 6.92 Å². The number of alkyl halides is 3. The lowest BCUT2D eigenvalue weighted by Gasteiger charge is -2.27. The highest BCUT2D eigenvalue weighted by Gasteiger charge is 2.36. The van der Waals surface area contributed by atoms with Gasteiger partial charge < -0.3 is 9.64 Å². The molecule has 3 heterocycles. The number of benzene rings is 1. The van der Waals surface area contributed by atoms with E-state index in [-0.39, 0.29) is 13.0 Å². The smallest absolute Gasteiger partial charge is 0.406 e. The lowest BCUT2D eigenvalue weighted by molar-refractivity contribution is -0.162. The molecule has 1 aromatic carbocycles. The van der Waals surface area contributed by atoms with Crippen molar-refractivity contribution in [3.05, 3.63) is 84.6 Å². The minimum atomic E-state index is -4.54. The number of carbonyl (C=O) groups is 1. The monoisotopic (exact) mass is 524 g/mol. The largest absolute Gasteiger partial charge is 0.454 e. The van der Waals surface area contributed by atoms with Crippen molar-refractivity contribution in [3.8, 4) is 22.8 Å². The number of hydrogen-bond acceptors (Lipinski definition) is 6. The summed E-state index contributed by atoms with van der Waals surface area (Å²) in [6.45, 7) is 6.21. The molecule has 4 rings (SSSR count). The summed E-state index contributed by atoms with van der Waals surface area (Å²) in [6.07, 6.45) is 5.64. The van der Waals surface area contributed by atoms with Crippen molar-refractivity contribution >= 4 is 5.91 Å². The van der Waals surface area contributed by atoms with Crippen molar-refractivity contribution in [3.63, 3.8) is 0 Å². The van der Waals surface area contributed by atoms with Crippen LogP contribution in [0.25, 0.3) is 11.3 Å². The van der Waals surface area contributed by atoms with Gasteiger partial charge in [-0.15, -0.1) is 5.10 Å². The van der Waals surface area contributed by atoms with Crippen LogP contribution in [-0.4, -0.2) is 55.0 Å². The molecule has 1 amide bonds. The Morgan fingerprint density at radius 3 is 2.66 bits per heavy atom. The van der Waals surface area contributed by atoms with Gasteiger partial charge in [0.15, 0.2) is 5.75 Å². The number of allylic oxidation sites excluding steroid dienone is 4. The number of aryl methyl sites for hydroxylation is 1. The maximum Gasteiger partial charge on any atom is 0.406 e. The molecule has 0 N–H and O–H groups in total. The second-order valence-corrected chi connectivity index (χ2v) is 8.95. The van der Waals surface area contributed by atoms with Gasteiger partial charge in [0.2, 0.25) is 5.91 Å². The fourth-order valence-electron chi connectivity index (χ4n) is 3.92. The van der Waals surface area contributed by atoms with Crippen molar-refractivity contribution in [2.75, 3.05) is 13.1 Å². The van der Waals surface area contributed by atoms with Crippen LogP contribution < -0.4 is 4.74 Å². The predicted molar refractivity (Wildman–Crippen MR) is 135 cm³/mol. The van der Waals surface area contributed by atoms with Crippen molar-refractivity contribution in [1.29, 1.82) is 0 Å². The Bertz CT molecular complexity index is 1360. The molecule has 1 atom stereocenters. The van der Waals surface area contributed by atoms with E-state index < -0.39 is 24.7 Å². The van der Waals surface area contributed by atoms with E-state index in [1.807, 2.05) is 13.8 Å². The van der Waals surface area contributed by atoms with Gasteiger partial charge in [0.25, 0.3) is 0 Å². The van der Waals surface area contributed by atoms with E-state index in [2.05, 4.69) is 26.9 Å². The summed E-state index contributed by atoms with van der Waals surface area (Å²) < 4.78 is 47.0. The van der Waals surface area contributed by atoms with E-state index >= 15 is 0 Å². The minimum absolute atomic E-state index is 0.181. The first-order valence-corrected chi connectivity index (χ1v) is 11.9. The van der Waals surface area contributed by atoms with E-state index in [1.165, 1.54) is 17.1 Å². The Balaban J connectivity index is 1.58. The minimum Gasteiger partial charge on any atom is -0.454 e. The molecule has 3 aromatic rings. The highest BCUT2D eigenvalue weighted by atomic mass is 19.4. The van der Waals surface area contributed by atoms with Gasteiger partial charge >= 0.3 is 6.18 Å². The molecule has 11 heteroatoms. The Hall–Kier alpha value is -4.28. The zero-order valence-corrected chi connectivity index (χ0v) is 21.0. The molecule has 1 aliphatic rings. The van der Waals surface area contributed by atoms with Crippen molar-refractivity contribution < 1.29 is 22.7 Å². The highest BCUT2D eigenvalue weighted by Crippen LogP contribution is 2.29. The number of hydrogen-bond donors (Lipinski definition) is 0. The van der Waals surface area contributed by atoms with Crippen LogP contribution in [0.2, 0.25) is 0 Å². The second kappa shape index (κ2) is 11.4. The summed E-state index contributed by atoms with van der Waals surface area (Å²) in [5.74, 6) is 0.414. The van der Waals surface area contributed by atoms with E-state index in [0.717, 1.165) is 16.0 Å². The van der Waals surface area contributed by atoms with Crippen LogP contribution in [0.15, 0.2) is 78.9 Å². The van der Waals surface area contributed by atoms with Gasteiger partial charge in [-0.1, -0.05) is 35.6 Å². The van der Waals surface area contributed by atoms with Gasteiger partial charge in [-0.2, -0.15) is 13.2 Å². The summed E-state index contributed by atoms with van der Waals surface area (Å²) in [7, 11) is 0. The summed E-state index contributed by atoms with van der Waals surface area (Å²) in [4.78, 5) is 22.2. The average Bonchev–Trinajstić information content (AvgIpc) is 3.35. The summed E-state index contributed by atoms with van der Waals surface area (Å²) in [6, 6.07) is 6.07. The first kappa shape index (κ1) is 26.8. The lowest BCUT2D eigenvalue weighted by Crippen LogP contribution is -2.43. The van der Waals surface area contributed by atoms with E-state index in [9.17, 15) is 18.0 Å². The zero-order valence-electron chi connectivity index (χ0n) is 21.0. The van der Waals surface area contributed by atoms with Crippen molar-refractivity contribution in [1.82, 2.24) is 29.9 Å². The Labute approximate surface area is 218 Å². The fourth-order valence-corrected chi connectivity index (χ4v) is 3.92. The quantitative estimate of drug-likeness (QED) is 0.431. The number of carbonyl (C=O) groups excluding carboxylic acids is 1. The zero-order chi connectivity index (χ0) is 27.3. The highest BCUT2D eigenvalue weighted by molar-refractivity contribution is 5.81. The van der Waals surface area contributed by atoms with Gasteiger partial charge in [0.1, 0.15) is 30.4 Å². The molecule has 0 saturated carbocycles. The second-order valence-electron chi connectivity index (χ2n) is 8.95. The third-order valence-corrected chi connectivity index (χ3v) is 6.13. The Kier molecular flexibility index (Phi) is 8.04. The van der Waals surface area contributed by atoms with E-state index in [1.54, 1.807) is 48.8 Å². The Morgan fingerprint density at radius 2 is 1.95 bits per heavy atom. The number of halogens is 3. The maximum absolute atomic E-state index is 13.4. The first-order valence-electron chi connectivity index (χ1n) is 11.9. The normalized spacial score (nSPS) is 17.2. The van der Waals surface area contributed by atoms with Crippen LogP contribution in [0.3, 0.4) is 0 Å². The van der Waals surface area contributed by atoms with E-state index in [0.29, 0.717) is 34.9 Å². The third kappa shape index (κ3) is 6.72. The molecule has 38 heavy (non-hydrogen) atoms. The van der Waals surface area contributed by atoms with Gasteiger partial charge in [-0.3, -0.25) is 4.79 Å². The van der Waals surface area contributed by atoms with Crippen LogP contribution >= 0.6 is 0 Å². The molecule has 8 nitrogen and oxygen atoms in total. The van der Waals surface area contributed by atoms with Crippen LogP contribution in [-0.2, 0) is 4.79 Å². The van der Waals surface area contributed by atoms with Gasteiger partial charge in [0.05, 0.1) is 18.1 Å². The maximum atomic E-state index is 13.4. The molecule has 0 spiro atoms. The fraction of sp³-hybridized carbons (Fsp3) is 0.296. The molecule has 1 unspecified atom stereocenters. The van der Waals surface area contributed by atoms with Gasteiger partial charge in [-0.25, -0.2) is 14.6 Å². The number of amides is 1.